The molecule has 138 valence electrons. The zero-order valence-electron chi connectivity index (χ0n) is 15.0. The lowest BCUT2D eigenvalue weighted by atomic mass is 10.2. The van der Waals surface area contributed by atoms with Gasteiger partial charge in [-0.15, -0.1) is 0 Å². The molecule has 1 saturated heterocycles. The molecule has 1 aliphatic rings. The minimum absolute atomic E-state index is 0.115. The Morgan fingerprint density at radius 2 is 1.69 bits per heavy atom. The van der Waals surface area contributed by atoms with Crippen LogP contribution in [0.2, 0.25) is 0 Å². The molecule has 2 aromatic rings. The summed E-state index contributed by atoms with van der Waals surface area (Å²) in [5, 5.41) is 2.77. The highest BCUT2D eigenvalue weighted by Gasteiger charge is 2.29. The normalized spacial score (nSPS) is 15.7. The number of nitrogens with one attached hydrogen (secondary N) is 1. The maximum atomic E-state index is 12.9. The lowest BCUT2D eigenvalue weighted by Gasteiger charge is -2.35. The minimum atomic E-state index is -3.47. The van der Waals surface area contributed by atoms with Gasteiger partial charge in [0.15, 0.2) is 0 Å². The maximum absolute atomic E-state index is 12.9. The molecule has 3 rings (SSSR count). The highest BCUT2D eigenvalue weighted by Crippen LogP contribution is 2.24. The Kier molecular flexibility index (Phi) is 5.29. The third kappa shape index (κ3) is 3.89. The van der Waals surface area contributed by atoms with Crippen LogP contribution in [0.1, 0.15) is 12.5 Å². The first-order chi connectivity index (χ1) is 12.4. The van der Waals surface area contributed by atoms with Crippen LogP contribution in [0.4, 0.5) is 11.4 Å². The molecule has 26 heavy (non-hydrogen) atoms. The topological polar surface area (TPSA) is 69.7 Å². The number of hydrogen-bond donors (Lipinski definition) is 1. The molecule has 0 spiro atoms. The average molecular weight is 373 g/mol. The van der Waals surface area contributed by atoms with Gasteiger partial charge >= 0.3 is 0 Å². The summed E-state index contributed by atoms with van der Waals surface area (Å²) < 4.78 is 27.3. The summed E-state index contributed by atoms with van der Waals surface area (Å²) >= 11 is 0. The van der Waals surface area contributed by atoms with Crippen LogP contribution in [-0.4, -0.2) is 44.8 Å². The number of sulfonamides is 1. The van der Waals surface area contributed by atoms with E-state index in [0.717, 1.165) is 16.9 Å². The van der Waals surface area contributed by atoms with Crippen molar-refractivity contribution in [2.24, 2.45) is 0 Å². The highest BCUT2D eigenvalue weighted by molar-refractivity contribution is 7.89. The van der Waals surface area contributed by atoms with E-state index < -0.39 is 10.0 Å². The van der Waals surface area contributed by atoms with E-state index in [1.165, 1.54) is 6.92 Å². The number of carbonyl (C=O) groups is 1. The fourth-order valence-electron chi connectivity index (χ4n) is 3.16. The van der Waals surface area contributed by atoms with Gasteiger partial charge in [-0.3, -0.25) is 4.79 Å². The molecule has 0 radical (unpaired) electrons. The quantitative estimate of drug-likeness (QED) is 0.894. The van der Waals surface area contributed by atoms with Crippen LogP contribution in [-0.2, 0) is 14.8 Å². The molecular formula is C19H23N3O3S. The highest BCUT2D eigenvalue weighted by atomic mass is 32.2. The molecule has 1 N–H and O–H groups in total. The second kappa shape index (κ2) is 7.47. The Morgan fingerprint density at radius 1 is 1.00 bits per heavy atom. The van der Waals surface area contributed by atoms with Crippen LogP contribution in [0.3, 0.4) is 0 Å². The van der Waals surface area contributed by atoms with E-state index in [9.17, 15) is 13.2 Å². The first-order valence-corrected chi connectivity index (χ1v) is 10.0. The molecule has 0 aliphatic carbocycles. The van der Waals surface area contributed by atoms with E-state index in [1.807, 2.05) is 43.3 Å². The van der Waals surface area contributed by atoms with Crippen LogP contribution in [0.15, 0.2) is 53.4 Å². The number of amides is 1. The molecule has 0 atom stereocenters. The van der Waals surface area contributed by atoms with Gasteiger partial charge in [-0.1, -0.05) is 24.3 Å². The Bertz CT molecular complexity index is 904. The third-order valence-corrected chi connectivity index (χ3v) is 6.54. The van der Waals surface area contributed by atoms with Crippen LogP contribution < -0.4 is 10.2 Å². The molecule has 0 saturated carbocycles. The first kappa shape index (κ1) is 18.4. The number of nitrogens with zero attached hydrogens (tertiary/aromatic N) is 2. The summed E-state index contributed by atoms with van der Waals surface area (Å²) in [5.74, 6) is -0.115. The molecule has 7 heteroatoms. The minimum Gasteiger partial charge on any atom is -0.369 e. The molecule has 1 heterocycles. The zero-order chi connectivity index (χ0) is 18.7. The van der Waals surface area contributed by atoms with Crippen molar-refractivity contribution in [1.29, 1.82) is 0 Å². The van der Waals surface area contributed by atoms with Crippen molar-refractivity contribution in [3.8, 4) is 0 Å². The number of anilines is 2. The van der Waals surface area contributed by atoms with Gasteiger partial charge < -0.3 is 10.2 Å². The molecule has 1 fully saturated rings. The number of hydrogen-bond acceptors (Lipinski definition) is 4. The van der Waals surface area contributed by atoms with Crippen molar-refractivity contribution in [3.05, 3.63) is 54.1 Å². The summed E-state index contributed by atoms with van der Waals surface area (Å²) in [6, 6.07) is 14.7. The Hall–Kier alpha value is -2.38. The molecule has 0 unspecified atom stereocenters. The number of benzene rings is 2. The fourth-order valence-corrected chi connectivity index (χ4v) is 4.80. The fraction of sp³-hybridized carbons (Fsp3) is 0.316. The van der Waals surface area contributed by atoms with E-state index in [0.29, 0.717) is 31.1 Å². The number of aryl methyl sites for hydroxylation is 1. The van der Waals surface area contributed by atoms with Crippen LogP contribution in [0, 0.1) is 6.92 Å². The van der Waals surface area contributed by atoms with Gasteiger partial charge in [-0.25, -0.2) is 8.42 Å². The van der Waals surface area contributed by atoms with Gasteiger partial charge in [-0.2, -0.15) is 4.31 Å². The average Bonchev–Trinajstić information content (AvgIpc) is 2.62. The summed E-state index contributed by atoms with van der Waals surface area (Å²) in [5.41, 5.74) is 2.48. The van der Waals surface area contributed by atoms with Gasteiger partial charge in [0, 0.05) is 44.5 Å². The lowest BCUT2D eigenvalue weighted by Crippen LogP contribution is -2.48. The summed E-state index contributed by atoms with van der Waals surface area (Å²) in [6.45, 7) is 5.36. The summed E-state index contributed by atoms with van der Waals surface area (Å²) in [6.07, 6.45) is 0. The largest absolute Gasteiger partial charge is 0.369 e. The summed E-state index contributed by atoms with van der Waals surface area (Å²) in [4.78, 5) is 13.7. The molecule has 2 aromatic carbocycles. The molecule has 0 aromatic heterocycles. The second-order valence-corrected chi connectivity index (χ2v) is 8.29. The van der Waals surface area contributed by atoms with Crippen molar-refractivity contribution < 1.29 is 13.2 Å². The third-order valence-electron chi connectivity index (χ3n) is 4.48. The van der Waals surface area contributed by atoms with Gasteiger partial charge in [-0.05, 0) is 36.8 Å². The van der Waals surface area contributed by atoms with E-state index in [-0.39, 0.29) is 5.91 Å². The van der Waals surface area contributed by atoms with Crippen LogP contribution in [0.25, 0.3) is 0 Å². The molecule has 1 amide bonds. The SMILES string of the molecule is CC(=O)Nc1cccc(N2CCN(S(=O)(=O)c3ccccc3C)CC2)c1. The number of rotatable bonds is 4. The Labute approximate surface area is 154 Å². The number of carbonyl (C=O) groups excluding carboxylic acids is 1. The maximum Gasteiger partial charge on any atom is 0.243 e. The summed E-state index contributed by atoms with van der Waals surface area (Å²) in [7, 11) is -3.47. The second-order valence-electron chi connectivity index (χ2n) is 6.39. The monoisotopic (exact) mass is 373 g/mol. The van der Waals surface area contributed by atoms with Gasteiger partial charge in [0.05, 0.1) is 4.90 Å². The van der Waals surface area contributed by atoms with Crippen molar-refractivity contribution in [2.75, 3.05) is 36.4 Å². The van der Waals surface area contributed by atoms with Crippen molar-refractivity contribution in [2.45, 2.75) is 18.7 Å². The first-order valence-electron chi connectivity index (χ1n) is 8.56. The standard InChI is InChI=1S/C19H23N3O3S/c1-15-6-3-4-9-19(15)26(24,25)22-12-10-21(11-13-22)18-8-5-7-17(14-18)20-16(2)23/h3-9,14H,10-13H2,1-2H3,(H,20,23). The van der Waals surface area contributed by atoms with E-state index in [4.69, 9.17) is 0 Å². The van der Waals surface area contributed by atoms with E-state index >= 15 is 0 Å². The Morgan fingerprint density at radius 3 is 2.35 bits per heavy atom. The van der Waals surface area contributed by atoms with Crippen LogP contribution >= 0.6 is 0 Å². The predicted octanol–water partition coefficient (Wildman–Crippen LogP) is 2.46. The van der Waals surface area contributed by atoms with Crippen molar-refractivity contribution in [3.63, 3.8) is 0 Å². The van der Waals surface area contributed by atoms with Gasteiger partial charge in [0.25, 0.3) is 0 Å². The molecule has 6 nitrogen and oxygen atoms in total. The lowest BCUT2D eigenvalue weighted by molar-refractivity contribution is -0.114. The molecule has 0 bridgehead atoms. The van der Waals surface area contributed by atoms with Gasteiger partial charge in [0.1, 0.15) is 0 Å². The van der Waals surface area contributed by atoms with Crippen LogP contribution in [0.5, 0.6) is 0 Å². The predicted molar refractivity (Wildman–Crippen MR) is 103 cm³/mol. The van der Waals surface area contributed by atoms with Gasteiger partial charge in [0.2, 0.25) is 15.9 Å². The van der Waals surface area contributed by atoms with Crippen molar-refractivity contribution in [1.82, 2.24) is 4.31 Å². The molecular weight excluding hydrogens is 350 g/mol. The van der Waals surface area contributed by atoms with E-state index in [2.05, 4.69) is 10.2 Å². The van der Waals surface area contributed by atoms with E-state index in [1.54, 1.807) is 16.4 Å². The number of piperazine rings is 1. The molecule has 1 aliphatic heterocycles. The smallest absolute Gasteiger partial charge is 0.243 e. The van der Waals surface area contributed by atoms with Crippen molar-refractivity contribution >= 4 is 27.3 Å². The zero-order valence-corrected chi connectivity index (χ0v) is 15.8. The Balaban J connectivity index is 1.72.